The predicted octanol–water partition coefficient (Wildman–Crippen LogP) is 3.13. The molecule has 0 bridgehead atoms. The lowest BCUT2D eigenvalue weighted by molar-refractivity contribution is 0.283. The summed E-state index contributed by atoms with van der Waals surface area (Å²) in [6.07, 6.45) is 1.47. The van der Waals surface area contributed by atoms with Gasteiger partial charge in [0, 0.05) is 21.6 Å². The van der Waals surface area contributed by atoms with Crippen molar-refractivity contribution < 1.29 is 13.5 Å². The fourth-order valence-corrected chi connectivity index (χ4v) is 4.04. The van der Waals surface area contributed by atoms with Gasteiger partial charge in [0.25, 0.3) is 10.0 Å². The van der Waals surface area contributed by atoms with Crippen LogP contribution < -0.4 is 0 Å². The highest BCUT2D eigenvalue weighted by molar-refractivity contribution is 9.10. The molecule has 3 rings (SSSR count). The van der Waals surface area contributed by atoms with E-state index in [1.165, 1.54) is 10.2 Å². The van der Waals surface area contributed by atoms with E-state index in [1.807, 2.05) is 0 Å². The Morgan fingerprint density at radius 3 is 2.48 bits per heavy atom. The number of hydrogen-bond acceptors (Lipinski definition) is 3. The first-order valence-electron chi connectivity index (χ1n) is 6.25. The van der Waals surface area contributed by atoms with Crippen molar-refractivity contribution in [2.45, 2.75) is 11.5 Å². The lowest BCUT2D eigenvalue weighted by Gasteiger charge is -2.07. The maximum absolute atomic E-state index is 12.7. The van der Waals surface area contributed by atoms with E-state index in [2.05, 4.69) is 15.9 Å². The zero-order chi connectivity index (χ0) is 15.0. The second kappa shape index (κ2) is 5.29. The van der Waals surface area contributed by atoms with E-state index < -0.39 is 10.0 Å². The van der Waals surface area contributed by atoms with E-state index in [1.54, 1.807) is 48.5 Å². The highest BCUT2D eigenvalue weighted by atomic mass is 79.9. The van der Waals surface area contributed by atoms with Gasteiger partial charge in [-0.15, -0.1) is 0 Å². The van der Waals surface area contributed by atoms with Gasteiger partial charge in [-0.3, -0.25) is 0 Å². The molecule has 108 valence electrons. The summed E-state index contributed by atoms with van der Waals surface area (Å²) in [4.78, 5) is 0.217. The zero-order valence-electron chi connectivity index (χ0n) is 10.9. The monoisotopic (exact) mass is 365 g/mol. The molecular weight excluding hydrogens is 354 g/mol. The number of halogens is 1. The minimum Gasteiger partial charge on any atom is -0.392 e. The lowest BCUT2D eigenvalue weighted by atomic mass is 10.2. The van der Waals surface area contributed by atoms with Crippen LogP contribution in [0.2, 0.25) is 0 Å². The third-order valence-corrected chi connectivity index (χ3v) is 5.47. The molecule has 0 aliphatic carbocycles. The highest BCUT2D eigenvalue weighted by Crippen LogP contribution is 2.28. The first kappa shape index (κ1) is 14.3. The van der Waals surface area contributed by atoms with E-state index in [9.17, 15) is 13.5 Å². The zero-order valence-corrected chi connectivity index (χ0v) is 13.3. The molecular formula is C15H12BrNO3S. The van der Waals surface area contributed by atoms with Gasteiger partial charge in [0.05, 0.1) is 17.0 Å². The van der Waals surface area contributed by atoms with Crippen LogP contribution in [0.4, 0.5) is 0 Å². The predicted molar refractivity (Wildman–Crippen MR) is 84.6 cm³/mol. The summed E-state index contributed by atoms with van der Waals surface area (Å²) >= 11 is 3.36. The lowest BCUT2D eigenvalue weighted by Crippen LogP contribution is -2.11. The van der Waals surface area contributed by atoms with Crippen LogP contribution in [0.3, 0.4) is 0 Å². The van der Waals surface area contributed by atoms with Crippen LogP contribution >= 0.6 is 15.9 Å². The van der Waals surface area contributed by atoms with Crippen molar-refractivity contribution in [3.05, 3.63) is 64.8 Å². The van der Waals surface area contributed by atoms with Gasteiger partial charge in [-0.25, -0.2) is 12.4 Å². The van der Waals surface area contributed by atoms with Crippen molar-refractivity contribution in [2.75, 3.05) is 0 Å². The van der Waals surface area contributed by atoms with Crippen molar-refractivity contribution in [3.63, 3.8) is 0 Å². The van der Waals surface area contributed by atoms with Gasteiger partial charge >= 0.3 is 0 Å². The molecule has 1 heterocycles. The minimum absolute atomic E-state index is 0.217. The fourth-order valence-electron chi connectivity index (χ4n) is 2.27. The maximum atomic E-state index is 12.7. The van der Waals surface area contributed by atoms with Crippen LogP contribution in [0, 0.1) is 0 Å². The van der Waals surface area contributed by atoms with Gasteiger partial charge in [0.2, 0.25) is 0 Å². The van der Waals surface area contributed by atoms with E-state index in [-0.39, 0.29) is 11.5 Å². The molecule has 0 saturated carbocycles. The standard InChI is InChI=1S/C15H12BrNO3S/c16-12-6-7-15-14(8-12)11(10-18)9-17(15)21(19,20)13-4-2-1-3-5-13/h1-9,18H,10H2. The van der Waals surface area contributed by atoms with Gasteiger partial charge < -0.3 is 5.11 Å². The molecule has 0 aliphatic heterocycles. The summed E-state index contributed by atoms with van der Waals surface area (Å²) in [5.41, 5.74) is 1.12. The Kier molecular flexibility index (Phi) is 3.61. The largest absolute Gasteiger partial charge is 0.392 e. The van der Waals surface area contributed by atoms with Crippen molar-refractivity contribution >= 4 is 36.9 Å². The van der Waals surface area contributed by atoms with Gasteiger partial charge in [-0.2, -0.15) is 0 Å². The Balaban J connectivity index is 2.31. The third-order valence-electron chi connectivity index (χ3n) is 3.29. The van der Waals surface area contributed by atoms with Gasteiger partial charge in [-0.05, 0) is 30.3 Å². The number of fused-ring (bicyclic) bond motifs is 1. The number of nitrogens with zero attached hydrogens (tertiary/aromatic N) is 1. The quantitative estimate of drug-likeness (QED) is 0.775. The Morgan fingerprint density at radius 2 is 1.81 bits per heavy atom. The molecule has 0 unspecified atom stereocenters. The molecule has 0 fully saturated rings. The van der Waals surface area contributed by atoms with Crippen LogP contribution in [0.25, 0.3) is 10.9 Å². The second-order valence-electron chi connectivity index (χ2n) is 4.59. The number of benzene rings is 2. The molecule has 2 aromatic carbocycles. The maximum Gasteiger partial charge on any atom is 0.268 e. The molecule has 0 amide bonds. The number of hydrogen-bond donors (Lipinski definition) is 1. The molecule has 3 aromatic rings. The Hall–Kier alpha value is -1.63. The summed E-state index contributed by atoms with van der Waals surface area (Å²) in [5.74, 6) is 0. The molecule has 1 aromatic heterocycles. The number of aliphatic hydroxyl groups is 1. The van der Waals surface area contributed by atoms with Crippen LogP contribution in [0.15, 0.2) is 64.1 Å². The molecule has 0 atom stereocenters. The number of aliphatic hydroxyl groups excluding tert-OH is 1. The summed E-state index contributed by atoms with van der Waals surface area (Å²) in [6, 6.07) is 13.5. The van der Waals surface area contributed by atoms with Crippen LogP contribution in [-0.4, -0.2) is 17.5 Å². The molecule has 0 spiro atoms. The van der Waals surface area contributed by atoms with Crippen LogP contribution in [0.5, 0.6) is 0 Å². The summed E-state index contributed by atoms with van der Waals surface area (Å²) in [6.45, 7) is -0.218. The first-order chi connectivity index (χ1) is 10.0. The first-order valence-corrected chi connectivity index (χ1v) is 8.48. The van der Waals surface area contributed by atoms with Crippen molar-refractivity contribution in [3.8, 4) is 0 Å². The van der Waals surface area contributed by atoms with Crippen molar-refractivity contribution in [2.24, 2.45) is 0 Å². The van der Waals surface area contributed by atoms with Crippen LogP contribution in [-0.2, 0) is 16.6 Å². The van der Waals surface area contributed by atoms with Crippen molar-refractivity contribution in [1.29, 1.82) is 0 Å². The van der Waals surface area contributed by atoms with Gasteiger partial charge in [-0.1, -0.05) is 34.1 Å². The van der Waals surface area contributed by atoms with Gasteiger partial charge in [0.15, 0.2) is 0 Å². The van der Waals surface area contributed by atoms with Crippen LogP contribution in [0.1, 0.15) is 5.56 Å². The number of aromatic nitrogens is 1. The average molecular weight is 366 g/mol. The molecule has 0 radical (unpaired) electrons. The van der Waals surface area contributed by atoms with E-state index in [0.29, 0.717) is 16.5 Å². The summed E-state index contributed by atoms with van der Waals surface area (Å²) in [7, 11) is -3.68. The Morgan fingerprint density at radius 1 is 1.10 bits per heavy atom. The topological polar surface area (TPSA) is 59.3 Å². The Bertz CT molecular complexity index is 901. The number of rotatable bonds is 3. The van der Waals surface area contributed by atoms with E-state index >= 15 is 0 Å². The smallest absolute Gasteiger partial charge is 0.268 e. The summed E-state index contributed by atoms with van der Waals surface area (Å²) < 4.78 is 27.5. The molecule has 21 heavy (non-hydrogen) atoms. The molecule has 6 heteroatoms. The normalized spacial score (nSPS) is 11.9. The highest BCUT2D eigenvalue weighted by Gasteiger charge is 2.20. The van der Waals surface area contributed by atoms with E-state index in [0.717, 1.165) is 4.47 Å². The molecule has 0 aliphatic rings. The fraction of sp³-hybridized carbons (Fsp3) is 0.0667. The molecule has 1 N–H and O–H groups in total. The summed E-state index contributed by atoms with van der Waals surface area (Å²) in [5, 5.41) is 10.2. The van der Waals surface area contributed by atoms with Crippen molar-refractivity contribution in [1.82, 2.24) is 3.97 Å². The molecule has 0 saturated heterocycles. The Labute approximate surface area is 130 Å². The average Bonchev–Trinajstić information content (AvgIpc) is 2.86. The second-order valence-corrected chi connectivity index (χ2v) is 7.32. The third kappa shape index (κ3) is 2.39. The van der Waals surface area contributed by atoms with Gasteiger partial charge in [0.1, 0.15) is 0 Å². The SMILES string of the molecule is O=S(=O)(c1ccccc1)n1cc(CO)c2cc(Br)ccc21. The molecule has 4 nitrogen and oxygen atoms in total. The minimum atomic E-state index is -3.68. The van der Waals surface area contributed by atoms with E-state index in [4.69, 9.17) is 0 Å².